The number of nitrogens with two attached hydrogens (primary N) is 1. The first-order valence-electron chi connectivity index (χ1n) is 4.94. The lowest BCUT2D eigenvalue weighted by Crippen LogP contribution is -2.25. The number of nitro benzene ring substituents is 1. The lowest BCUT2D eigenvalue weighted by molar-refractivity contribution is -0.384. The Labute approximate surface area is 94.2 Å². The summed E-state index contributed by atoms with van der Waals surface area (Å²) in [6.45, 7) is 4.02. The Hall–Kier alpha value is -1.82. The van der Waals surface area contributed by atoms with Gasteiger partial charge in [-0.25, -0.2) is 0 Å². The number of nitro groups is 1. The molecule has 0 unspecified atom stereocenters. The van der Waals surface area contributed by atoms with E-state index in [1.807, 2.05) is 25.8 Å². The number of nitrogens with one attached hydrogen (secondary N) is 1. The SMILES string of the molecule is CC(C)N(C)c1cc(NN)cc([N+](=O)[O-])c1. The number of nitrogens with zero attached hydrogens (tertiary/aromatic N) is 2. The van der Waals surface area contributed by atoms with Crippen LogP contribution < -0.4 is 16.2 Å². The molecule has 1 aromatic carbocycles. The Bertz CT molecular complexity index is 392. The van der Waals surface area contributed by atoms with Crippen LogP contribution in [0.25, 0.3) is 0 Å². The first kappa shape index (κ1) is 12.3. The summed E-state index contributed by atoms with van der Waals surface area (Å²) >= 11 is 0. The Balaban J connectivity index is 3.18. The summed E-state index contributed by atoms with van der Waals surface area (Å²) in [6, 6.07) is 4.96. The van der Waals surface area contributed by atoms with Crippen LogP contribution in [-0.2, 0) is 0 Å². The van der Waals surface area contributed by atoms with E-state index in [4.69, 9.17) is 5.84 Å². The lowest BCUT2D eigenvalue weighted by Gasteiger charge is -2.24. The molecule has 0 bridgehead atoms. The van der Waals surface area contributed by atoms with Crippen LogP contribution in [-0.4, -0.2) is 18.0 Å². The van der Waals surface area contributed by atoms with Crippen molar-refractivity contribution in [2.45, 2.75) is 19.9 Å². The summed E-state index contributed by atoms with van der Waals surface area (Å²) in [5, 5.41) is 10.7. The molecular weight excluding hydrogens is 208 g/mol. The molecule has 0 amide bonds. The summed E-state index contributed by atoms with van der Waals surface area (Å²) in [7, 11) is 1.88. The third-order valence-electron chi connectivity index (χ3n) is 2.46. The summed E-state index contributed by atoms with van der Waals surface area (Å²) in [6.07, 6.45) is 0. The minimum Gasteiger partial charge on any atom is -0.372 e. The minimum atomic E-state index is -0.432. The molecular formula is C10H16N4O2. The number of hydrazine groups is 1. The minimum absolute atomic E-state index is 0.0259. The average molecular weight is 224 g/mol. The van der Waals surface area contributed by atoms with Crippen LogP contribution in [0.4, 0.5) is 17.1 Å². The molecule has 0 saturated carbocycles. The molecule has 0 aliphatic rings. The molecule has 0 spiro atoms. The number of non-ortho nitro benzene ring substituents is 1. The molecule has 6 heteroatoms. The van der Waals surface area contributed by atoms with Gasteiger partial charge in [-0.15, -0.1) is 0 Å². The van der Waals surface area contributed by atoms with E-state index in [2.05, 4.69) is 5.43 Å². The third-order valence-corrected chi connectivity index (χ3v) is 2.46. The summed E-state index contributed by atoms with van der Waals surface area (Å²) < 4.78 is 0. The highest BCUT2D eigenvalue weighted by atomic mass is 16.6. The fraction of sp³-hybridized carbons (Fsp3) is 0.400. The molecule has 0 aliphatic heterocycles. The van der Waals surface area contributed by atoms with Crippen molar-refractivity contribution in [3.05, 3.63) is 28.3 Å². The van der Waals surface area contributed by atoms with Crippen LogP contribution in [0, 0.1) is 10.1 Å². The van der Waals surface area contributed by atoms with Gasteiger partial charge in [0.1, 0.15) is 0 Å². The number of rotatable bonds is 4. The Morgan fingerprint density at radius 1 is 1.44 bits per heavy atom. The fourth-order valence-corrected chi connectivity index (χ4v) is 1.29. The molecule has 1 rings (SSSR count). The van der Waals surface area contributed by atoms with Crippen molar-refractivity contribution < 1.29 is 4.92 Å². The first-order chi connectivity index (χ1) is 7.45. The maximum absolute atomic E-state index is 10.7. The van der Waals surface area contributed by atoms with E-state index < -0.39 is 4.92 Å². The van der Waals surface area contributed by atoms with Gasteiger partial charge in [0, 0.05) is 30.9 Å². The van der Waals surface area contributed by atoms with Gasteiger partial charge >= 0.3 is 0 Å². The molecule has 88 valence electrons. The highest BCUT2D eigenvalue weighted by molar-refractivity contribution is 5.64. The van der Waals surface area contributed by atoms with Crippen LogP contribution in [0.2, 0.25) is 0 Å². The molecule has 0 heterocycles. The van der Waals surface area contributed by atoms with E-state index in [-0.39, 0.29) is 11.7 Å². The van der Waals surface area contributed by atoms with Crippen molar-refractivity contribution >= 4 is 17.1 Å². The van der Waals surface area contributed by atoms with Crippen molar-refractivity contribution in [2.24, 2.45) is 5.84 Å². The zero-order chi connectivity index (χ0) is 12.3. The molecule has 0 aromatic heterocycles. The fourth-order valence-electron chi connectivity index (χ4n) is 1.29. The molecule has 0 saturated heterocycles. The normalized spacial score (nSPS) is 10.3. The molecule has 0 atom stereocenters. The number of hydrogen-bond donors (Lipinski definition) is 2. The van der Waals surface area contributed by atoms with Gasteiger partial charge in [-0.1, -0.05) is 0 Å². The Morgan fingerprint density at radius 3 is 2.50 bits per heavy atom. The van der Waals surface area contributed by atoms with Gasteiger partial charge in [-0.2, -0.15) is 0 Å². The van der Waals surface area contributed by atoms with E-state index in [1.165, 1.54) is 12.1 Å². The Kier molecular flexibility index (Phi) is 3.68. The van der Waals surface area contributed by atoms with Crippen molar-refractivity contribution in [3.8, 4) is 0 Å². The highest BCUT2D eigenvalue weighted by Gasteiger charge is 2.13. The van der Waals surface area contributed by atoms with Gasteiger partial charge in [-0.3, -0.25) is 16.0 Å². The largest absolute Gasteiger partial charge is 0.372 e. The zero-order valence-corrected chi connectivity index (χ0v) is 9.60. The van der Waals surface area contributed by atoms with Crippen molar-refractivity contribution in [2.75, 3.05) is 17.4 Å². The number of anilines is 2. The maximum atomic E-state index is 10.7. The van der Waals surface area contributed by atoms with Crippen LogP contribution in [0.1, 0.15) is 13.8 Å². The van der Waals surface area contributed by atoms with E-state index in [1.54, 1.807) is 6.07 Å². The van der Waals surface area contributed by atoms with Crippen LogP contribution in [0.15, 0.2) is 18.2 Å². The summed E-state index contributed by atoms with van der Waals surface area (Å²) in [4.78, 5) is 12.2. The van der Waals surface area contributed by atoms with Gasteiger partial charge in [0.25, 0.3) is 5.69 Å². The van der Waals surface area contributed by atoms with Gasteiger partial charge < -0.3 is 10.3 Å². The highest BCUT2D eigenvalue weighted by Crippen LogP contribution is 2.26. The molecule has 0 radical (unpaired) electrons. The summed E-state index contributed by atoms with van der Waals surface area (Å²) in [5.41, 5.74) is 3.74. The third kappa shape index (κ3) is 2.60. The van der Waals surface area contributed by atoms with Crippen LogP contribution >= 0.6 is 0 Å². The molecule has 3 N–H and O–H groups in total. The Morgan fingerprint density at radius 2 is 2.06 bits per heavy atom. The number of nitrogen functional groups attached to an aromatic ring is 1. The first-order valence-corrected chi connectivity index (χ1v) is 4.94. The standard InChI is InChI=1S/C10H16N4O2/c1-7(2)13(3)9-4-8(12-11)5-10(6-9)14(15)16/h4-7,12H,11H2,1-3H3. The van der Waals surface area contributed by atoms with Gasteiger partial charge in [0.15, 0.2) is 0 Å². The zero-order valence-electron chi connectivity index (χ0n) is 9.60. The predicted octanol–water partition coefficient (Wildman–Crippen LogP) is 1.72. The maximum Gasteiger partial charge on any atom is 0.273 e. The molecule has 16 heavy (non-hydrogen) atoms. The van der Waals surface area contributed by atoms with Crippen LogP contribution in [0.3, 0.4) is 0 Å². The smallest absolute Gasteiger partial charge is 0.273 e. The second-order valence-corrected chi connectivity index (χ2v) is 3.84. The van der Waals surface area contributed by atoms with Gasteiger partial charge in [0.05, 0.1) is 10.6 Å². The molecule has 1 aromatic rings. The van der Waals surface area contributed by atoms with E-state index in [0.717, 1.165) is 5.69 Å². The monoisotopic (exact) mass is 224 g/mol. The number of hydrogen-bond acceptors (Lipinski definition) is 5. The summed E-state index contributed by atoms with van der Waals surface area (Å²) in [5.74, 6) is 5.27. The van der Waals surface area contributed by atoms with Gasteiger partial charge in [0.2, 0.25) is 0 Å². The van der Waals surface area contributed by atoms with E-state index in [0.29, 0.717) is 5.69 Å². The second-order valence-electron chi connectivity index (χ2n) is 3.84. The molecule has 0 aliphatic carbocycles. The van der Waals surface area contributed by atoms with E-state index in [9.17, 15) is 10.1 Å². The van der Waals surface area contributed by atoms with E-state index >= 15 is 0 Å². The van der Waals surface area contributed by atoms with Crippen molar-refractivity contribution in [3.63, 3.8) is 0 Å². The average Bonchev–Trinajstić information content (AvgIpc) is 2.27. The quantitative estimate of drug-likeness (QED) is 0.462. The van der Waals surface area contributed by atoms with Crippen molar-refractivity contribution in [1.82, 2.24) is 0 Å². The molecule has 0 fully saturated rings. The lowest BCUT2D eigenvalue weighted by atomic mass is 10.2. The van der Waals surface area contributed by atoms with Crippen LogP contribution in [0.5, 0.6) is 0 Å². The number of benzene rings is 1. The van der Waals surface area contributed by atoms with Gasteiger partial charge in [-0.05, 0) is 19.9 Å². The topological polar surface area (TPSA) is 84.4 Å². The van der Waals surface area contributed by atoms with Crippen molar-refractivity contribution in [1.29, 1.82) is 0 Å². The second kappa shape index (κ2) is 4.80. The predicted molar refractivity (Wildman–Crippen MR) is 64.4 cm³/mol. The molecule has 6 nitrogen and oxygen atoms in total.